The predicted molar refractivity (Wildman–Crippen MR) is 110 cm³/mol. The number of aromatic nitrogens is 2. The number of rotatable bonds is 12. The molecule has 0 spiro atoms. The van der Waals surface area contributed by atoms with Gasteiger partial charge in [0, 0.05) is 13.0 Å². The minimum absolute atomic E-state index is 0.0605. The minimum atomic E-state index is -0.795. The lowest BCUT2D eigenvalue weighted by Gasteiger charge is -2.22. The van der Waals surface area contributed by atoms with Gasteiger partial charge in [0.15, 0.2) is 6.29 Å². The zero-order valence-corrected chi connectivity index (χ0v) is 17.8. The Morgan fingerprint density at radius 2 is 1.65 bits per heavy atom. The number of carbonyl (C=O) groups is 3. The maximum absolute atomic E-state index is 12.1. The van der Waals surface area contributed by atoms with Crippen LogP contribution < -0.4 is 0 Å². The summed E-state index contributed by atoms with van der Waals surface area (Å²) in [5.74, 6) is -1.15. The average molecular weight is 430 g/mol. The first-order valence-corrected chi connectivity index (χ1v) is 9.98. The van der Waals surface area contributed by atoms with Gasteiger partial charge in [-0.2, -0.15) is 0 Å². The van der Waals surface area contributed by atoms with E-state index in [9.17, 15) is 14.4 Å². The van der Waals surface area contributed by atoms with Gasteiger partial charge in [-0.1, -0.05) is 12.1 Å². The second kappa shape index (κ2) is 12.5. The van der Waals surface area contributed by atoms with Crippen LogP contribution in [0.4, 0.5) is 0 Å². The Morgan fingerprint density at radius 1 is 0.968 bits per heavy atom. The number of hydrogen-bond donors (Lipinski definition) is 0. The maximum Gasteiger partial charge on any atom is 0.356 e. The molecule has 0 aromatic carbocycles. The third-order valence-electron chi connectivity index (χ3n) is 4.03. The summed E-state index contributed by atoms with van der Waals surface area (Å²) in [6.45, 7) is 6.05. The largest absolute Gasteiger partial charge is 0.461 e. The average Bonchev–Trinajstić information content (AvgIpc) is 2.79. The van der Waals surface area contributed by atoms with Crippen LogP contribution in [-0.4, -0.2) is 54.1 Å². The first-order chi connectivity index (χ1) is 15.0. The molecule has 9 nitrogen and oxygen atoms in total. The lowest BCUT2D eigenvalue weighted by Crippen LogP contribution is -2.21. The van der Waals surface area contributed by atoms with Gasteiger partial charge in [0.25, 0.3) is 0 Å². The Balaban J connectivity index is 1.92. The maximum atomic E-state index is 12.1. The van der Waals surface area contributed by atoms with E-state index in [0.717, 1.165) is 0 Å². The van der Waals surface area contributed by atoms with E-state index < -0.39 is 18.2 Å². The molecule has 166 valence electrons. The van der Waals surface area contributed by atoms with Crippen LogP contribution in [0.3, 0.4) is 0 Å². The van der Waals surface area contributed by atoms with Crippen LogP contribution in [0.2, 0.25) is 0 Å². The van der Waals surface area contributed by atoms with Gasteiger partial charge in [-0.05, 0) is 45.0 Å². The Labute approximate surface area is 180 Å². The fourth-order valence-electron chi connectivity index (χ4n) is 2.55. The molecule has 2 heterocycles. The van der Waals surface area contributed by atoms with E-state index in [4.69, 9.17) is 18.9 Å². The van der Waals surface area contributed by atoms with Gasteiger partial charge in [-0.3, -0.25) is 4.79 Å². The molecule has 0 radical (unpaired) electrons. The van der Waals surface area contributed by atoms with E-state index in [0.29, 0.717) is 25.0 Å². The normalized spacial score (nSPS) is 12.6. The summed E-state index contributed by atoms with van der Waals surface area (Å²) in [5.41, 5.74) is 0.819. The van der Waals surface area contributed by atoms with E-state index >= 15 is 0 Å². The second-order valence-corrected chi connectivity index (χ2v) is 6.39. The molecule has 0 saturated carbocycles. The summed E-state index contributed by atoms with van der Waals surface area (Å²) in [7, 11) is 0. The van der Waals surface area contributed by atoms with Gasteiger partial charge in [0.1, 0.15) is 17.1 Å². The molecule has 31 heavy (non-hydrogen) atoms. The highest BCUT2D eigenvalue weighted by Gasteiger charge is 2.20. The summed E-state index contributed by atoms with van der Waals surface area (Å²) < 4.78 is 21.7. The Hall–Kier alpha value is -3.17. The van der Waals surface area contributed by atoms with Crippen LogP contribution in [0.15, 0.2) is 36.4 Å². The zero-order chi connectivity index (χ0) is 22.6. The van der Waals surface area contributed by atoms with Crippen LogP contribution in [0, 0.1) is 0 Å². The van der Waals surface area contributed by atoms with Crippen molar-refractivity contribution in [1.82, 2.24) is 9.97 Å². The first kappa shape index (κ1) is 24.1. The number of ether oxygens (including phenoxy) is 4. The third-order valence-corrected chi connectivity index (χ3v) is 4.03. The molecular formula is C22H26N2O7. The van der Waals surface area contributed by atoms with Crippen molar-refractivity contribution in [3.63, 3.8) is 0 Å². The number of nitrogens with zero attached hydrogens (tertiary/aromatic N) is 2. The molecule has 2 rings (SSSR count). The van der Waals surface area contributed by atoms with Crippen LogP contribution in [0.1, 0.15) is 70.6 Å². The quantitative estimate of drug-likeness (QED) is 0.284. The number of aldehydes is 1. The topological polar surface area (TPSA) is 114 Å². The van der Waals surface area contributed by atoms with Crippen molar-refractivity contribution in [1.29, 1.82) is 0 Å². The standard InChI is InChI=1S/C22H26N2O7/c1-4-28-20(26)18-10-7-11-19(24-18)22(29-5-2)31-15(3)12-13-30-21(27)17-9-6-8-16(14-25)23-17/h6-11,14-15,22H,4-5,12-13H2,1-3H3/t15-,22?/m0/s1. The lowest BCUT2D eigenvalue weighted by atomic mass is 10.2. The molecule has 0 fully saturated rings. The summed E-state index contributed by atoms with van der Waals surface area (Å²) in [6.07, 6.45) is -0.186. The first-order valence-electron chi connectivity index (χ1n) is 9.98. The van der Waals surface area contributed by atoms with Crippen molar-refractivity contribution in [3.05, 3.63) is 59.2 Å². The van der Waals surface area contributed by atoms with Crippen molar-refractivity contribution >= 4 is 18.2 Å². The monoisotopic (exact) mass is 430 g/mol. The third kappa shape index (κ3) is 7.54. The Kier molecular flexibility index (Phi) is 9.73. The fraction of sp³-hybridized carbons (Fsp3) is 0.409. The SMILES string of the molecule is CCOC(=O)c1cccc(C(OCC)O[C@@H](C)CCOC(=O)c2cccc(C=O)n2)n1. The van der Waals surface area contributed by atoms with E-state index in [1.165, 1.54) is 12.1 Å². The molecule has 0 N–H and O–H groups in total. The molecule has 0 aliphatic carbocycles. The molecule has 1 unspecified atom stereocenters. The van der Waals surface area contributed by atoms with Crippen molar-refractivity contribution in [3.8, 4) is 0 Å². The molecule has 2 aromatic heterocycles. The molecule has 2 aromatic rings. The van der Waals surface area contributed by atoms with Crippen molar-refractivity contribution in [2.24, 2.45) is 0 Å². The molecule has 0 saturated heterocycles. The van der Waals surface area contributed by atoms with Gasteiger partial charge in [0.05, 0.1) is 25.0 Å². The molecule has 2 atom stereocenters. The highest BCUT2D eigenvalue weighted by atomic mass is 16.7. The minimum Gasteiger partial charge on any atom is -0.461 e. The number of pyridine rings is 2. The highest BCUT2D eigenvalue weighted by Crippen LogP contribution is 2.21. The number of carbonyl (C=O) groups excluding carboxylic acids is 3. The fourth-order valence-corrected chi connectivity index (χ4v) is 2.55. The van der Waals surface area contributed by atoms with Crippen molar-refractivity contribution in [2.75, 3.05) is 19.8 Å². The van der Waals surface area contributed by atoms with E-state index in [2.05, 4.69) is 9.97 Å². The summed E-state index contributed by atoms with van der Waals surface area (Å²) in [4.78, 5) is 43.0. The second-order valence-electron chi connectivity index (χ2n) is 6.39. The van der Waals surface area contributed by atoms with Gasteiger partial charge in [-0.15, -0.1) is 0 Å². The van der Waals surface area contributed by atoms with E-state index in [1.807, 2.05) is 6.92 Å². The van der Waals surface area contributed by atoms with Gasteiger partial charge < -0.3 is 18.9 Å². The smallest absolute Gasteiger partial charge is 0.356 e. The van der Waals surface area contributed by atoms with Gasteiger partial charge >= 0.3 is 11.9 Å². The van der Waals surface area contributed by atoms with E-state index in [-0.39, 0.29) is 36.4 Å². The van der Waals surface area contributed by atoms with Crippen LogP contribution in [0.5, 0.6) is 0 Å². The Bertz CT molecular complexity index is 888. The van der Waals surface area contributed by atoms with Crippen molar-refractivity contribution in [2.45, 2.75) is 39.6 Å². The summed E-state index contributed by atoms with van der Waals surface area (Å²) in [5, 5.41) is 0. The summed E-state index contributed by atoms with van der Waals surface area (Å²) >= 11 is 0. The zero-order valence-electron chi connectivity index (χ0n) is 17.8. The highest BCUT2D eigenvalue weighted by molar-refractivity contribution is 5.88. The molecule has 0 aliphatic rings. The lowest BCUT2D eigenvalue weighted by molar-refractivity contribution is -0.173. The molecule has 9 heteroatoms. The van der Waals surface area contributed by atoms with Gasteiger partial charge in [-0.25, -0.2) is 19.6 Å². The van der Waals surface area contributed by atoms with Crippen LogP contribution in [-0.2, 0) is 18.9 Å². The molecule has 0 aliphatic heterocycles. The Morgan fingerprint density at radius 3 is 2.32 bits per heavy atom. The van der Waals surface area contributed by atoms with Crippen LogP contribution >= 0.6 is 0 Å². The number of hydrogen-bond acceptors (Lipinski definition) is 9. The van der Waals surface area contributed by atoms with Gasteiger partial charge in [0.2, 0.25) is 6.29 Å². The predicted octanol–water partition coefficient (Wildman–Crippen LogP) is 3.15. The van der Waals surface area contributed by atoms with Crippen molar-refractivity contribution < 1.29 is 33.3 Å². The molecule has 0 amide bonds. The molecule has 0 bridgehead atoms. The van der Waals surface area contributed by atoms with Crippen LogP contribution in [0.25, 0.3) is 0 Å². The number of esters is 2. The molecular weight excluding hydrogens is 404 g/mol. The van der Waals surface area contributed by atoms with E-state index in [1.54, 1.807) is 38.1 Å². The summed E-state index contributed by atoms with van der Waals surface area (Å²) in [6, 6.07) is 9.46.